The molecule has 0 aliphatic carbocycles. The lowest BCUT2D eigenvalue weighted by Crippen LogP contribution is -2.21. The third-order valence-corrected chi connectivity index (χ3v) is 6.19. The first-order valence-electron chi connectivity index (χ1n) is 7.34. The van der Waals surface area contributed by atoms with Gasteiger partial charge < -0.3 is 4.90 Å². The molecule has 134 valence electrons. The summed E-state index contributed by atoms with van der Waals surface area (Å²) in [5.41, 5.74) is 1.73. The topological polar surface area (TPSA) is 66.5 Å². The van der Waals surface area contributed by atoms with Gasteiger partial charge in [-0.1, -0.05) is 23.2 Å². The van der Waals surface area contributed by atoms with Gasteiger partial charge in [0, 0.05) is 30.4 Å². The van der Waals surface area contributed by atoms with E-state index in [9.17, 15) is 13.2 Å². The lowest BCUT2D eigenvalue weighted by Gasteiger charge is -2.15. The van der Waals surface area contributed by atoms with Gasteiger partial charge in [-0.25, -0.2) is 8.42 Å². The molecule has 0 aliphatic heterocycles. The van der Waals surface area contributed by atoms with E-state index in [1.54, 1.807) is 46.1 Å². The number of hydrogen-bond acceptors (Lipinski definition) is 3. The maximum Gasteiger partial charge on any atom is 0.263 e. The van der Waals surface area contributed by atoms with Gasteiger partial charge >= 0.3 is 0 Å². The Morgan fingerprint density at radius 2 is 1.64 bits per heavy atom. The van der Waals surface area contributed by atoms with Gasteiger partial charge in [0.25, 0.3) is 15.9 Å². The average molecular weight is 401 g/mol. The second kappa shape index (κ2) is 7.23. The van der Waals surface area contributed by atoms with Gasteiger partial charge in [-0.3, -0.25) is 9.52 Å². The van der Waals surface area contributed by atoms with Crippen LogP contribution in [0.4, 0.5) is 5.69 Å². The van der Waals surface area contributed by atoms with E-state index >= 15 is 0 Å². The number of benzene rings is 2. The highest BCUT2D eigenvalue weighted by Crippen LogP contribution is 2.34. The van der Waals surface area contributed by atoms with E-state index in [1.807, 2.05) is 0 Å². The highest BCUT2D eigenvalue weighted by Gasteiger charge is 2.24. The largest absolute Gasteiger partial charge is 0.345 e. The predicted octanol–water partition coefficient (Wildman–Crippen LogP) is 4.11. The van der Waals surface area contributed by atoms with Crippen LogP contribution in [0.1, 0.15) is 21.5 Å². The van der Waals surface area contributed by atoms with Crippen LogP contribution in [-0.2, 0) is 10.0 Å². The van der Waals surface area contributed by atoms with Crippen molar-refractivity contribution in [1.29, 1.82) is 0 Å². The summed E-state index contributed by atoms with van der Waals surface area (Å²) in [6, 6.07) is 7.78. The molecule has 0 radical (unpaired) electrons. The molecule has 0 saturated carbocycles. The van der Waals surface area contributed by atoms with Crippen molar-refractivity contribution in [2.75, 3.05) is 18.8 Å². The van der Waals surface area contributed by atoms with Crippen molar-refractivity contribution in [3.8, 4) is 0 Å². The zero-order chi connectivity index (χ0) is 18.9. The van der Waals surface area contributed by atoms with Crippen LogP contribution in [0.2, 0.25) is 10.0 Å². The van der Waals surface area contributed by atoms with Gasteiger partial charge in [0.15, 0.2) is 0 Å². The zero-order valence-electron chi connectivity index (χ0n) is 14.2. The van der Waals surface area contributed by atoms with Gasteiger partial charge in [-0.15, -0.1) is 0 Å². The molecular formula is C17H18Cl2N2O3S. The molecule has 0 aliphatic rings. The molecule has 0 aromatic heterocycles. The Morgan fingerprint density at radius 3 is 2.16 bits per heavy atom. The van der Waals surface area contributed by atoms with E-state index in [2.05, 4.69) is 4.72 Å². The van der Waals surface area contributed by atoms with Crippen molar-refractivity contribution in [2.45, 2.75) is 18.7 Å². The van der Waals surface area contributed by atoms with Crippen LogP contribution in [0.3, 0.4) is 0 Å². The standard InChI is InChI=1S/C17H18Cl2N2O3S/c1-10-9-14(18)11(2)16(15(10)19)25(23,24)20-13-7-5-12(6-8-13)17(22)21(3)4/h5-9,20H,1-4H3. The summed E-state index contributed by atoms with van der Waals surface area (Å²) >= 11 is 12.3. The number of anilines is 1. The number of nitrogens with zero attached hydrogens (tertiary/aromatic N) is 1. The molecule has 5 nitrogen and oxygen atoms in total. The quantitative estimate of drug-likeness (QED) is 0.839. The number of halogens is 2. The monoisotopic (exact) mass is 400 g/mol. The molecule has 0 saturated heterocycles. The molecule has 2 rings (SSSR count). The first-order valence-corrected chi connectivity index (χ1v) is 9.58. The van der Waals surface area contributed by atoms with Crippen LogP contribution in [0.25, 0.3) is 0 Å². The fraction of sp³-hybridized carbons (Fsp3) is 0.235. The SMILES string of the molecule is Cc1cc(Cl)c(C)c(S(=O)(=O)Nc2ccc(C(=O)N(C)C)cc2)c1Cl. The Bertz CT molecular complexity index is 898. The molecule has 0 fully saturated rings. The molecule has 2 aromatic rings. The van der Waals surface area contributed by atoms with Crippen LogP contribution in [-0.4, -0.2) is 33.3 Å². The molecule has 0 spiro atoms. The van der Waals surface area contributed by atoms with E-state index in [4.69, 9.17) is 23.2 Å². The average Bonchev–Trinajstić information content (AvgIpc) is 2.52. The van der Waals surface area contributed by atoms with Crippen LogP contribution in [0, 0.1) is 13.8 Å². The second-order valence-electron chi connectivity index (χ2n) is 5.83. The number of nitrogens with one attached hydrogen (secondary N) is 1. The highest BCUT2D eigenvalue weighted by atomic mass is 35.5. The highest BCUT2D eigenvalue weighted by molar-refractivity contribution is 7.93. The number of aryl methyl sites for hydroxylation is 1. The van der Waals surface area contributed by atoms with Crippen LogP contribution < -0.4 is 4.72 Å². The van der Waals surface area contributed by atoms with Gasteiger partial charge in [0.1, 0.15) is 4.90 Å². The van der Waals surface area contributed by atoms with Crippen molar-refractivity contribution < 1.29 is 13.2 Å². The van der Waals surface area contributed by atoms with E-state index < -0.39 is 10.0 Å². The molecule has 0 atom stereocenters. The second-order valence-corrected chi connectivity index (χ2v) is 8.23. The minimum absolute atomic E-state index is 0.0485. The van der Waals surface area contributed by atoms with E-state index in [0.717, 1.165) is 0 Å². The Labute approximate surface area is 157 Å². The first kappa shape index (κ1) is 19.6. The van der Waals surface area contributed by atoms with E-state index in [1.165, 1.54) is 17.0 Å². The van der Waals surface area contributed by atoms with Gasteiger partial charge in [-0.2, -0.15) is 0 Å². The van der Waals surface area contributed by atoms with Crippen molar-refractivity contribution >= 4 is 44.8 Å². The Morgan fingerprint density at radius 1 is 1.08 bits per heavy atom. The number of carbonyl (C=O) groups excluding carboxylic acids is 1. The van der Waals surface area contributed by atoms with Crippen LogP contribution >= 0.6 is 23.2 Å². The number of sulfonamides is 1. The molecule has 0 unspecified atom stereocenters. The number of amides is 1. The molecule has 25 heavy (non-hydrogen) atoms. The minimum atomic E-state index is -3.93. The predicted molar refractivity (Wildman–Crippen MR) is 101 cm³/mol. The van der Waals surface area contributed by atoms with E-state index in [-0.39, 0.29) is 15.8 Å². The molecule has 0 bridgehead atoms. The third kappa shape index (κ3) is 4.08. The maximum absolute atomic E-state index is 12.7. The Hall–Kier alpha value is -1.76. The molecule has 1 amide bonds. The van der Waals surface area contributed by atoms with Crippen molar-refractivity contribution in [2.24, 2.45) is 0 Å². The van der Waals surface area contributed by atoms with Gasteiger partial charge in [0.05, 0.1) is 5.02 Å². The Kier molecular flexibility index (Phi) is 5.66. The fourth-order valence-corrected chi connectivity index (χ4v) is 4.55. The molecular weight excluding hydrogens is 383 g/mol. The van der Waals surface area contributed by atoms with Gasteiger partial charge in [0.2, 0.25) is 0 Å². The number of carbonyl (C=O) groups is 1. The summed E-state index contributed by atoms with van der Waals surface area (Å²) in [4.78, 5) is 13.3. The molecule has 8 heteroatoms. The summed E-state index contributed by atoms with van der Waals surface area (Å²) < 4.78 is 28.0. The molecule has 1 N–H and O–H groups in total. The third-order valence-electron chi connectivity index (χ3n) is 3.65. The summed E-state index contributed by atoms with van der Waals surface area (Å²) in [6.07, 6.45) is 0. The summed E-state index contributed by atoms with van der Waals surface area (Å²) in [5, 5.41) is 0.461. The fourth-order valence-electron chi connectivity index (χ4n) is 2.28. The molecule has 0 heterocycles. The van der Waals surface area contributed by atoms with Crippen LogP contribution in [0.15, 0.2) is 35.2 Å². The summed E-state index contributed by atoms with van der Waals surface area (Å²) in [7, 11) is -0.643. The smallest absolute Gasteiger partial charge is 0.263 e. The van der Waals surface area contributed by atoms with Gasteiger partial charge in [-0.05, 0) is 55.3 Å². The first-order chi connectivity index (χ1) is 11.5. The summed E-state index contributed by atoms with van der Waals surface area (Å²) in [6.45, 7) is 3.29. The lowest BCUT2D eigenvalue weighted by molar-refractivity contribution is 0.0827. The normalized spacial score (nSPS) is 11.3. The van der Waals surface area contributed by atoms with Crippen molar-refractivity contribution in [3.05, 3.63) is 57.1 Å². The molecule has 2 aromatic carbocycles. The number of rotatable bonds is 4. The van der Waals surface area contributed by atoms with E-state index in [0.29, 0.717) is 27.4 Å². The Balaban J connectivity index is 2.39. The lowest BCUT2D eigenvalue weighted by atomic mass is 10.2. The minimum Gasteiger partial charge on any atom is -0.345 e. The number of hydrogen-bond donors (Lipinski definition) is 1. The summed E-state index contributed by atoms with van der Waals surface area (Å²) in [5.74, 6) is -0.168. The van der Waals surface area contributed by atoms with Crippen molar-refractivity contribution in [1.82, 2.24) is 4.90 Å². The maximum atomic E-state index is 12.7. The zero-order valence-corrected chi connectivity index (χ0v) is 16.6. The van der Waals surface area contributed by atoms with Crippen molar-refractivity contribution in [3.63, 3.8) is 0 Å². The van der Waals surface area contributed by atoms with Crippen LogP contribution in [0.5, 0.6) is 0 Å².